The van der Waals surface area contributed by atoms with Crippen molar-refractivity contribution in [2.45, 2.75) is 76.3 Å². The molecule has 0 aliphatic carbocycles. The van der Waals surface area contributed by atoms with E-state index in [0.717, 1.165) is 64.6 Å². The number of esters is 3. The van der Waals surface area contributed by atoms with Gasteiger partial charge in [-0.2, -0.15) is 0 Å². The number of aromatic hydroxyl groups is 1. The van der Waals surface area contributed by atoms with Crippen molar-refractivity contribution < 1.29 is 95.9 Å². The highest BCUT2D eigenvalue weighted by molar-refractivity contribution is 6.63. The number of carbonyl (C=O) groups excluding carboxylic acids is 8. The van der Waals surface area contributed by atoms with Crippen LogP contribution in [0.5, 0.6) is 51.7 Å². The van der Waals surface area contributed by atoms with Crippen LogP contribution in [0.25, 0.3) is 64.6 Å². The minimum atomic E-state index is -0.750. The van der Waals surface area contributed by atoms with Crippen LogP contribution < -0.4 is 70.2 Å². The summed E-state index contributed by atoms with van der Waals surface area (Å²) in [7, 11) is 4.44. The van der Waals surface area contributed by atoms with Crippen LogP contribution in [0.2, 0.25) is 15.1 Å². The Morgan fingerprint density at radius 2 is 0.586 bits per heavy atom. The van der Waals surface area contributed by atoms with Crippen molar-refractivity contribution in [3.8, 4) is 51.7 Å². The number of anilines is 3. The number of nitrogens with two attached hydrogens (primary N) is 1. The molecule has 0 heterocycles. The van der Waals surface area contributed by atoms with E-state index in [1.807, 2.05) is 152 Å². The molecule has 15 rings (SSSR count). The monoisotopic (exact) mass is 2030 g/mol. The second-order valence-corrected chi connectivity index (χ2v) is 35.9. The summed E-state index contributed by atoms with van der Waals surface area (Å²) >= 11 is 33.1. The van der Waals surface area contributed by atoms with Crippen molar-refractivity contribution in [2.24, 2.45) is 5.73 Å². The fraction of sp³-hybridized carbons (Fsp3) is 0.196. The number of carbonyl (C=O) groups is 8. The van der Waals surface area contributed by atoms with Gasteiger partial charge >= 0.3 is 30.1 Å². The molecule has 0 unspecified atom stereocenters. The Kier molecular flexibility index (Phi) is 39.8. The van der Waals surface area contributed by atoms with Crippen molar-refractivity contribution in [1.29, 1.82) is 0 Å². The summed E-state index contributed by atoms with van der Waals surface area (Å²) in [5.41, 5.74) is 6.64. The summed E-state index contributed by atoms with van der Waals surface area (Å²) in [4.78, 5) is 103. The second-order valence-electron chi connectivity index (χ2n) is 32.6. The van der Waals surface area contributed by atoms with Gasteiger partial charge in [-0.15, -0.1) is 12.4 Å². The lowest BCUT2D eigenvalue weighted by molar-refractivity contribution is 0.0513. The van der Waals surface area contributed by atoms with Gasteiger partial charge < -0.3 is 89.9 Å². The number of ether oxygens (including phenoxy) is 10. The smallest absolute Gasteiger partial charge is 0.407 e. The Morgan fingerprint density at radius 1 is 0.336 bits per heavy atom. The van der Waals surface area contributed by atoms with E-state index >= 15 is 0 Å². The predicted molar refractivity (Wildman–Crippen MR) is 556 cm³/mol. The number of hydrogen-bond donors (Lipinski definition) is 8. The number of fused-ring (bicyclic) bond motifs is 6. The average Bonchev–Trinajstić information content (AvgIpc) is 0.812. The Hall–Kier alpha value is -14.0. The van der Waals surface area contributed by atoms with Crippen molar-refractivity contribution in [2.75, 3.05) is 76.7 Å². The fourth-order valence-corrected chi connectivity index (χ4v) is 14.3. The molecule has 0 bridgehead atoms. The number of aliphatic hydroxyl groups is 1. The van der Waals surface area contributed by atoms with E-state index in [9.17, 15) is 43.5 Å². The van der Waals surface area contributed by atoms with Gasteiger partial charge in [0.2, 0.25) is 0 Å². The van der Waals surface area contributed by atoms with E-state index < -0.39 is 63.3 Å². The van der Waals surface area contributed by atoms with E-state index in [2.05, 4.69) is 26.6 Å². The van der Waals surface area contributed by atoms with Gasteiger partial charge in [0, 0.05) is 53.0 Å². The zero-order valence-corrected chi connectivity index (χ0v) is 82.8. The second kappa shape index (κ2) is 51.6. The summed E-state index contributed by atoms with van der Waals surface area (Å²) in [5, 5.41) is 43.9. The maximum Gasteiger partial charge on any atom is 0.407 e. The number of rotatable bonds is 27. The number of hydrogen-bond acceptors (Lipinski definition) is 21. The number of methoxy groups -OCH3 is 3. The minimum absolute atomic E-state index is 0. The molecule has 728 valence electrons. The molecule has 0 spiro atoms. The SMILES string of the molecule is CC(C)(C)OC(=O)NCCCO.COc1cc2ccccc2cc1C(=O)Oc1cc(Cl)ccc1NC(=O)c1cc2ccccc2cc1O.COc1cc2ccccc2cc1C(=O)Oc1cc(Cl)ccc1NC(=O)c1cc2ccccc2cc1OCCCN.COc1cc2ccccc2cc1C(=O)Oc1cc(Cl)ccc1NC(=O)c1cc2ccccc2cc1OCCCNC(=O)OC(C)(C)C.Cl.ClC(Cl)Cl. The fourth-order valence-electron chi connectivity index (χ4n) is 13.8. The lowest BCUT2D eigenvalue weighted by atomic mass is 10.0. The predicted octanol–water partition coefficient (Wildman–Crippen LogP) is 25.4. The number of nitrogens with one attached hydrogen (secondary N) is 5. The Labute approximate surface area is 844 Å². The molecule has 0 saturated carbocycles. The molecule has 9 N–H and O–H groups in total. The van der Waals surface area contributed by atoms with E-state index in [4.69, 9.17) is 128 Å². The maximum absolute atomic E-state index is 13.8. The van der Waals surface area contributed by atoms with Gasteiger partial charge in [-0.25, -0.2) is 24.0 Å². The number of benzene rings is 15. The third-order valence-electron chi connectivity index (χ3n) is 20.2. The number of phenols is 1. The molecule has 33 heteroatoms. The Balaban J connectivity index is 0.000000201. The van der Waals surface area contributed by atoms with E-state index in [0.29, 0.717) is 94.9 Å². The molecule has 140 heavy (non-hydrogen) atoms. The first kappa shape index (κ1) is 108. The molecule has 0 aromatic heterocycles. The van der Waals surface area contributed by atoms with Crippen molar-refractivity contribution in [3.05, 3.63) is 321 Å². The summed E-state index contributed by atoms with van der Waals surface area (Å²) in [5.74, 6) is -1.62. The van der Waals surface area contributed by atoms with E-state index in [-0.39, 0.29) is 93.5 Å². The number of aliphatic hydroxyl groups excluding tert-OH is 1. The summed E-state index contributed by atoms with van der Waals surface area (Å²) < 4.78 is 55.0. The highest BCUT2D eigenvalue weighted by Crippen LogP contribution is 2.40. The van der Waals surface area contributed by atoms with Gasteiger partial charge in [0.15, 0.2) is 21.5 Å². The molecule has 0 radical (unpaired) electrons. The molecule has 0 aliphatic heterocycles. The van der Waals surface area contributed by atoms with Crippen molar-refractivity contribution in [3.63, 3.8) is 0 Å². The van der Waals surface area contributed by atoms with E-state index in [1.165, 1.54) is 51.7 Å². The first-order valence-electron chi connectivity index (χ1n) is 43.5. The van der Waals surface area contributed by atoms with Crippen molar-refractivity contribution >= 4 is 212 Å². The molecular formula is C107H101Cl7N6O20. The molecule has 0 saturated heterocycles. The van der Waals surface area contributed by atoms with Crippen molar-refractivity contribution in [1.82, 2.24) is 10.6 Å². The maximum atomic E-state index is 13.8. The minimum Gasteiger partial charge on any atom is -0.507 e. The highest BCUT2D eigenvalue weighted by Gasteiger charge is 2.27. The van der Waals surface area contributed by atoms with Gasteiger partial charge in [0.05, 0.1) is 68.3 Å². The summed E-state index contributed by atoms with van der Waals surface area (Å²) in [6.45, 7) is 12.7. The van der Waals surface area contributed by atoms with Crippen LogP contribution in [0.1, 0.15) is 123 Å². The molecule has 26 nitrogen and oxygen atoms in total. The van der Waals surface area contributed by atoms with Crippen LogP contribution in [-0.4, -0.2) is 134 Å². The van der Waals surface area contributed by atoms with Crippen LogP contribution in [0.4, 0.5) is 26.7 Å². The number of amides is 5. The number of phenolic OH excluding ortho intramolecular Hbond substituents is 1. The molecule has 15 aromatic rings. The molecule has 0 aliphatic rings. The molecule has 0 atom stereocenters. The van der Waals surface area contributed by atoms with Gasteiger partial charge in [-0.1, -0.05) is 215 Å². The van der Waals surface area contributed by atoms with Crippen LogP contribution >= 0.6 is 82.0 Å². The first-order valence-corrected chi connectivity index (χ1v) is 45.9. The summed E-state index contributed by atoms with van der Waals surface area (Å²) in [6, 6.07) is 79.8. The normalized spacial score (nSPS) is 10.8. The lowest BCUT2D eigenvalue weighted by Crippen LogP contribution is -2.33. The van der Waals surface area contributed by atoms with Gasteiger partial charge in [-0.05, 0) is 241 Å². The number of halogens is 7. The first-order chi connectivity index (χ1) is 66.6. The lowest BCUT2D eigenvalue weighted by Gasteiger charge is -2.19. The quantitative estimate of drug-likeness (QED) is 0.0103. The van der Waals surface area contributed by atoms with Gasteiger partial charge in [0.1, 0.15) is 62.4 Å². The summed E-state index contributed by atoms with van der Waals surface area (Å²) in [6.07, 6.45) is 0.725. The zero-order chi connectivity index (χ0) is 100. The topological polar surface area (TPSA) is 355 Å². The number of alkyl carbamates (subject to hydrolysis) is 2. The zero-order valence-electron chi connectivity index (χ0n) is 77.4. The molecule has 15 aromatic carbocycles. The average molecular weight is 2040 g/mol. The molecular weight excluding hydrogens is 1940 g/mol. The highest BCUT2D eigenvalue weighted by atomic mass is 35.6. The van der Waals surface area contributed by atoms with Crippen LogP contribution in [0.3, 0.4) is 0 Å². The van der Waals surface area contributed by atoms with Crippen LogP contribution in [-0.2, 0) is 9.47 Å². The molecule has 5 amide bonds. The standard InChI is InChI=1S/C37H35ClN2O7.C32H27ClN2O5.C29H20ClNO5.C8H17NO3.CHCl3.ClH/c1-37(2,3)47-36(43)39-16-9-17-45-32-21-26-13-8-5-10-23(26)18-28(32)34(41)40-30-15-14-27(38)22-33(30)46-35(42)29-19-24-11-6-7-12-25(24)20-31(29)44-4;1-38-28-17-22-9-4-3-8-21(22)16-26(28)32(37)40-30-19-24(33)11-12-27(30)35-31(36)25-15-20-7-2-5-10-23(20)18-29(25)39-14-6-13-34;1-35-26-15-20-9-5-3-7-18(20)13-23(26)29(34)36-27-16-21(30)10-11-24(27)31-28(33)22-12-17-6-2-4-8-19(17)14-25(22)32;1-8(2,3)12-7(11)9-5-4-6-10;2-1(3)4;/h5-8,10-15,18-22H,9,16-17H2,1-4H3,(H,39,43)(H,40,41);2-5,7-12,15-19H,6,13-14,34H2,1H3,(H,35,36);2-16,32H,1H3,(H,31,33);10H,4-6H2,1-3H3,(H,9,11);1H;1H. The molecule has 0 fully saturated rings. The Morgan fingerprint density at radius 3 is 0.864 bits per heavy atom. The number of alkyl halides is 3. The third kappa shape index (κ3) is 31.2. The third-order valence-corrected chi connectivity index (χ3v) is 20.9. The van der Waals surface area contributed by atoms with Crippen LogP contribution in [0.15, 0.2) is 273 Å². The van der Waals surface area contributed by atoms with Crippen LogP contribution in [0, 0.1) is 0 Å². The van der Waals surface area contributed by atoms with Gasteiger partial charge in [0.25, 0.3) is 17.7 Å². The largest absolute Gasteiger partial charge is 0.507 e. The Bertz CT molecular complexity index is 6980. The van der Waals surface area contributed by atoms with E-state index in [1.54, 1.807) is 133 Å². The van der Waals surface area contributed by atoms with Gasteiger partial charge in [-0.3, -0.25) is 14.4 Å².